The maximum atomic E-state index is 13.1. The van der Waals surface area contributed by atoms with Crippen molar-refractivity contribution in [1.82, 2.24) is 4.90 Å². The summed E-state index contributed by atoms with van der Waals surface area (Å²) in [5.41, 5.74) is 12.7. The Morgan fingerprint density at radius 3 is 2.46 bits per heavy atom. The normalized spacial score (nSPS) is 28.7. The monoisotopic (exact) mass is 363 g/mol. The highest BCUT2D eigenvalue weighted by Crippen LogP contribution is 2.35. The highest BCUT2D eigenvalue weighted by Gasteiger charge is 2.46. The fourth-order valence-corrected chi connectivity index (χ4v) is 3.70. The first-order valence-electron chi connectivity index (χ1n) is 9.04. The van der Waals surface area contributed by atoms with Crippen molar-refractivity contribution >= 4 is 17.5 Å². The van der Waals surface area contributed by atoms with Gasteiger partial charge in [-0.1, -0.05) is 26.0 Å². The lowest BCUT2D eigenvalue weighted by Gasteiger charge is -2.35. The molecule has 0 aromatic rings. The van der Waals surface area contributed by atoms with Crippen molar-refractivity contribution < 1.29 is 19.5 Å². The highest BCUT2D eigenvalue weighted by molar-refractivity contribution is 6.22. The smallest absolute Gasteiger partial charge is 0.258 e. The lowest BCUT2D eigenvalue weighted by atomic mass is 9.77. The van der Waals surface area contributed by atoms with E-state index in [0.29, 0.717) is 12.0 Å². The molecule has 144 valence electrons. The summed E-state index contributed by atoms with van der Waals surface area (Å²) in [4.78, 5) is 39.8. The minimum Gasteiger partial charge on any atom is -0.385 e. The number of fused-ring (bicyclic) bond motifs is 1. The fourth-order valence-electron chi connectivity index (χ4n) is 3.70. The lowest BCUT2D eigenvalue weighted by Crippen LogP contribution is -2.58. The zero-order chi connectivity index (χ0) is 19.8. The van der Waals surface area contributed by atoms with E-state index in [4.69, 9.17) is 11.5 Å². The van der Waals surface area contributed by atoms with E-state index < -0.39 is 41.7 Å². The average Bonchev–Trinajstić information content (AvgIpc) is 2.67. The molecule has 0 spiro atoms. The molecule has 5 atom stereocenters. The zero-order valence-corrected chi connectivity index (χ0v) is 15.8. The molecule has 0 saturated carbocycles. The summed E-state index contributed by atoms with van der Waals surface area (Å²) < 4.78 is 0. The number of nitrogens with zero attached hydrogens (tertiary/aromatic N) is 1. The van der Waals surface area contributed by atoms with E-state index in [9.17, 15) is 19.5 Å². The Labute approximate surface area is 154 Å². The molecule has 1 heterocycles. The summed E-state index contributed by atoms with van der Waals surface area (Å²) in [5, 5.41) is 10.3. The third-order valence-corrected chi connectivity index (χ3v) is 5.29. The van der Waals surface area contributed by atoms with Crippen molar-refractivity contribution in [3.63, 3.8) is 0 Å². The number of amides is 1. The number of hydrogen-bond acceptors (Lipinski definition) is 6. The van der Waals surface area contributed by atoms with Gasteiger partial charge in [0.25, 0.3) is 5.91 Å². The molecule has 0 aromatic heterocycles. The number of nitrogens with two attached hydrogens (primary N) is 2. The summed E-state index contributed by atoms with van der Waals surface area (Å²) in [7, 11) is 1.45. The molecule has 0 saturated heterocycles. The number of allylic oxidation sites excluding steroid dienone is 2. The van der Waals surface area contributed by atoms with E-state index in [2.05, 4.69) is 0 Å². The quantitative estimate of drug-likeness (QED) is 0.586. The van der Waals surface area contributed by atoms with Crippen molar-refractivity contribution in [1.29, 1.82) is 0 Å². The SMILES string of the molecule is CC(C)[C@H](O)C(=O)[C@@H]1C(N)C2CCC=CC2=C(C(=O)[C@H](C)N)C(=O)N1C. The van der Waals surface area contributed by atoms with Gasteiger partial charge in [-0.15, -0.1) is 0 Å². The Morgan fingerprint density at radius 2 is 1.92 bits per heavy atom. The van der Waals surface area contributed by atoms with Crippen LogP contribution in [-0.2, 0) is 14.4 Å². The van der Waals surface area contributed by atoms with Crippen molar-refractivity contribution in [2.24, 2.45) is 23.3 Å². The van der Waals surface area contributed by atoms with Crippen LogP contribution in [0.25, 0.3) is 0 Å². The molecular weight excluding hydrogens is 334 g/mol. The highest BCUT2D eigenvalue weighted by atomic mass is 16.3. The Kier molecular flexibility index (Phi) is 6.16. The van der Waals surface area contributed by atoms with Crippen LogP contribution in [0, 0.1) is 11.8 Å². The van der Waals surface area contributed by atoms with Gasteiger partial charge in [0.15, 0.2) is 11.6 Å². The van der Waals surface area contributed by atoms with Gasteiger partial charge in [0.05, 0.1) is 11.6 Å². The first kappa shape index (κ1) is 20.5. The van der Waals surface area contributed by atoms with Gasteiger partial charge < -0.3 is 21.5 Å². The van der Waals surface area contributed by atoms with Gasteiger partial charge in [0.1, 0.15) is 12.1 Å². The number of rotatable bonds is 5. The van der Waals surface area contributed by atoms with Crippen LogP contribution in [0.3, 0.4) is 0 Å². The van der Waals surface area contributed by atoms with Crippen LogP contribution in [0.1, 0.15) is 33.6 Å². The standard InChI is InChI=1S/C19H29N3O4/c1-9(2)16(23)18(25)15-14(21)12-8-6-5-7-11(12)13(17(24)10(3)20)19(26)22(15)4/h5,7,9-10,12,14-16,23H,6,8,20-21H2,1-4H3/t10-,12?,14?,15-,16-/m0/s1. The summed E-state index contributed by atoms with van der Waals surface area (Å²) in [6.07, 6.45) is 3.79. The van der Waals surface area contributed by atoms with Gasteiger partial charge in [0.2, 0.25) is 0 Å². The topological polar surface area (TPSA) is 127 Å². The number of likely N-dealkylation sites (N-methyl/N-ethyl adjacent to an activating group) is 1. The number of carbonyl (C=O) groups is 3. The fraction of sp³-hybridized carbons (Fsp3) is 0.632. The maximum Gasteiger partial charge on any atom is 0.258 e. The van der Waals surface area contributed by atoms with E-state index in [0.717, 1.165) is 6.42 Å². The molecule has 1 aliphatic heterocycles. The first-order chi connectivity index (χ1) is 12.1. The lowest BCUT2D eigenvalue weighted by molar-refractivity contribution is -0.142. The molecule has 7 heteroatoms. The Morgan fingerprint density at radius 1 is 1.31 bits per heavy atom. The van der Waals surface area contributed by atoms with Crippen LogP contribution in [-0.4, -0.2) is 58.8 Å². The number of aliphatic hydroxyl groups excluding tert-OH is 1. The van der Waals surface area contributed by atoms with Crippen molar-refractivity contribution in [3.05, 3.63) is 23.3 Å². The van der Waals surface area contributed by atoms with Gasteiger partial charge in [-0.3, -0.25) is 14.4 Å². The van der Waals surface area contributed by atoms with E-state index in [1.54, 1.807) is 19.9 Å². The predicted molar refractivity (Wildman–Crippen MR) is 97.9 cm³/mol. The van der Waals surface area contributed by atoms with Crippen LogP contribution >= 0.6 is 0 Å². The Hall–Kier alpha value is -1.83. The largest absolute Gasteiger partial charge is 0.385 e. The average molecular weight is 363 g/mol. The second kappa shape index (κ2) is 7.82. The third-order valence-electron chi connectivity index (χ3n) is 5.29. The number of aliphatic hydroxyl groups is 1. The molecule has 1 aliphatic carbocycles. The van der Waals surface area contributed by atoms with Crippen LogP contribution < -0.4 is 11.5 Å². The maximum absolute atomic E-state index is 13.1. The van der Waals surface area contributed by atoms with Gasteiger partial charge in [-0.25, -0.2) is 0 Å². The summed E-state index contributed by atoms with van der Waals surface area (Å²) >= 11 is 0. The van der Waals surface area contributed by atoms with E-state index in [-0.39, 0.29) is 17.4 Å². The summed E-state index contributed by atoms with van der Waals surface area (Å²) in [5.74, 6) is -2.14. The number of Topliss-reactive ketones (excluding diaryl/α,β-unsaturated/α-hetero) is 2. The van der Waals surface area contributed by atoms with Gasteiger partial charge >= 0.3 is 0 Å². The van der Waals surface area contributed by atoms with Crippen molar-refractivity contribution in [3.8, 4) is 0 Å². The van der Waals surface area contributed by atoms with Crippen LogP contribution in [0.5, 0.6) is 0 Å². The molecule has 0 aromatic carbocycles. The van der Waals surface area contributed by atoms with Gasteiger partial charge in [-0.2, -0.15) is 0 Å². The zero-order valence-electron chi connectivity index (χ0n) is 15.8. The molecule has 2 rings (SSSR count). The van der Waals surface area contributed by atoms with E-state index >= 15 is 0 Å². The second-order valence-electron chi connectivity index (χ2n) is 7.60. The summed E-state index contributed by atoms with van der Waals surface area (Å²) in [6.45, 7) is 4.98. The van der Waals surface area contributed by atoms with Gasteiger partial charge in [0, 0.05) is 19.0 Å². The summed E-state index contributed by atoms with van der Waals surface area (Å²) in [6, 6.07) is -2.54. The molecule has 2 unspecified atom stereocenters. The molecule has 7 nitrogen and oxygen atoms in total. The number of carbonyl (C=O) groups excluding carboxylic acids is 3. The molecule has 5 N–H and O–H groups in total. The van der Waals surface area contributed by atoms with E-state index in [1.807, 2.05) is 6.08 Å². The van der Waals surface area contributed by atoms with Crippen LogP contribution in [0.4, 0.5) is 0 Å². The van der Waals surface area contributed by atoms with Crippen molar-refractivity contribution in [2.75, 3.05) is 7.05 Å². The third kappa shape index (κ3) is 3.51. The number of hydrogen-bond donors (Lipinski definition) is 3. The minimum absolute atomic E-state index is 0.00763. The Balaban J connectivity index is 2.58. The molecular formula is C19H29N3O4. The minimum atomic E-state index is -1.23. The molecule has 0 bridgehead atoms. The predicted octanol–water partition coefficient (Wildman–Crippen LogP) is -0.0806. The van der Waals surface area contributed by atoms with Crippen LogP contribution in [0.2, 0.25) is 0 Å². The molecule has 2 aliphatic rings. The van der Waals surface area contributed by atoms with Crippen molar-refractivity contribution in [2.45, 2.75) is 57.8 Å². The van der Waals surface area contributed by atoms with Gasteiger partial charge in [-0.05, 0) is 31.3 Å². The first-order valence-corrected chi connectivity index (χ1v) is 9.04. The molecule has 0 radical (unpaired) electrons. The number of ketones is 2. The molecule has 0 fully saturated rings. The molecule has 1 amide bonds. The van der Waals surface area contributed by atoms with Crippen LogP contribution in [0.15, 0.2) is 23.3 Å². The Bertz CT molecular complexity index is 666. The van der Waals surface area contributed by atoms with E-state index in [1.165, 1.54) is 18.9 Å². The molecule has 26 heavy (non-hydrogen) atoms. The second-order valence-corrected chi connectivity index (χ2v) is 7.60.